The van der Waals surface area contributed by atoms with Crippen LogP contribution in [0.3, 0.4) is 0 Å². The third-order valence-corrected chi connectivity index (χ3v) is 3.67. The van der Waals surface area contributed by atoms with Gasteiger partial charge < -0.3 is 10.4 Å². The first kappa shape index (κ1) is 14.8. The SMILES string of the molecule is CCC(N[C@@H](CO)c1ccccc1)c1ccc(C)cc1. The molecule has 0 radical (unpaired) electrons. The second-order valence-corrected chi connectivity index (χ2v) is 5.18. The maximum absolute atomic E-state index is 9.65. The molecule has 0 fully saturated rings. The van der Waals surface area contributed by atoms with Gasteiger partial charge in [-0.05, 0) is 24.5 Å². The molecule has 0 heterocycles. The molecule has 0 spiro atoms. The van der Waals surface area contributed by atoms with E-state index >= 15 is 0 Å². The summed E-state index contributed by atoms with van der Waals surface area (Å²) in [5, 5.41) is 13.2. The highest BCUT2D eigenvalue weighted by molar-refractivity contribution is 5.25. The minimum atomic E-state index is -0.0255. The van der Waals surface area contributed by atoms with Crippen LogP contribution in [0.4, 0.5) is 0 Å². The van der Waals surface area contributed by atoms with E-state index in [0.29, 0.717) is 0 Å². The highest BCUT2D eigenvalue weighted by atomic mass is 16.3. The monoisotopic (exact) mass is 269 g/mol. The normalized spacial score (nSPS) is 13.9. The molecule has 0 aliphatic heterocycles. The van der Waals surface area contributed by atoms with Gasteiger partial charge >= 0.3 is 0 Å². The van der Waals surface area contributed by atoms with E-state index in [-0.39, 0.29) is 18.7 Å². The minimum absolute atomic E-state index is 0.0255. The van der Waals surface area contributed by atoms with Gasteiger partial charge in [0, 0.05) is 6.04 Å². The lowest BCUT2D eigenvalue weighted by molar-refractivity contribution is 0.232. The highest BCUT2D eigenvalue weighted by Gasteiger charge is 2.16. The van der Waals surface area contributed by atoms with E-state index in [1.165, 1.54) is 11.1 Å². The Kier molecular flexibility index (Phi) is 5.33. The van der Waals surface area contributed by atoms with Gasteiger partial charge in [0.1, 0.15) is 0 Å². The van der Waals surface area contributed by atoms with Gasteiger partial charge in [-0.15, -0.1) is 0 Å². The molecule has 0 saturated carbocycles. The Hall–Kier alpha value is -1.64. The zero-order chi connectivity index (χ0) is 14.4. The van der Waals surface area contributed by atoms with Crippen molar-refractivity contribution >= 4 is 0 Å². The van der Waals surface area contributed by atoms with E-state index in [0.717, 1.165) is 12.0 Å². The molecular weight excluding hydrogens is 246 g/mol. The molecule has 0 amide bonds. The molecule has 2 rings (SSSR count). The van der Waals surface area contributed by atoms with Crippen LogP contribution in [0.5, 0.6) is 0 Å². The standard InChI is InChI=1S/C18H23NO/c1-3-17(16-11-9-14(2)10-12-16)19-18(13-20)15-7-5-4-6-8-15/h4-12,17-20H,3,13H2,1-2H3/t17?,18-/m0/s1. The molecule has 2 heteroatoms. The summed E-state index contributed by atoms with van der Waals surface area (Å²) in [6, 6.07) is 18.9. The lowest BCUT2D eigenvalue weighted by Gasteiger charge is -2.24. The van der Waals surface area contributed by atoms with Crippen molar-refractivity contribution in [2.45, 2.75) is 32.4 Å². The van der Waals surface area contributed by atoms with E-state index in [2.05, 4.69) is 55.6 Å². The van der Waals surface area contributed by atoms with Crippen LogP contribution in [0.1, 0.15) is 42.1 Å². The van der Waals surface area contributed by atoms with E-state index < -0.39 is 0 Å². The van der Waals surface area contributed by atoms with Crippen LogP contribution in [0, 0.1) is 6.92 Å². The highest BCUT2D eigenvalue weighted by Crippen LogP contribution is 2.22. The van der Waals surface area contributed by atoms with Crippen molar-refractivity contribution in [3.63, 3.8) is 0 Å². The van der Waals surface area contributed by atoms with Gasteiger partial charge in [0.15, 0.2) is 0 Å². The first-order chi connectivity index (χ1) is 9.74. The Bertz CT molecular complexity index is 507. The number of hydrogen-bond acceptors (Lipinski definition) is 2. The zero-order valence-corrected chi connectivity index (χ0v) is 12.2. The number of benzene rings is 2. The van der Waals surface area contributed by atoms with E-state index in [9.17, 15) is 5.11 Å². The number of hydrogen-bond donors (Lipinski definition) is 2. The van der Waals surface area contributed by atoms with Crippen LogP contribution < -0.4 is 5.32 Å². The summed E-state index contributed by atoms with van der Waals surface area (Å²) in [6.07, 6.45) is 0.992. The van der Waals surface area contributed by atoms with Crippen LogP contribution in [0.2, 0.25) is 0 Å². The quantitative estimate of drug-likeness (QED) is 0.836. The molecule has 0 aliphatic carbocycles. The van der Waals surface area contributed by atoms with Gasteiger partial charge in [0.2, 0.25) is 0 Å². The third kappa shape index (κ3) is 3.69. The van der Waals surface area contributed by atoms with Crippen molar-refractivity contribution in [3.05, 3.63) is 71.3 Å². The zero-order valence-electron chi connectivity index (χ0n) is 12.2. The van der Waals surface area contributed by atoms with Gasteiger partial charge in [-0.2, -0.15) is 0 Å². The average molecular weight is 269 g/mol. The van der Waals surface area contributed by atoms with Gasteiger partial charge in [0.25, 0.3) is 0 Å². The smallest absolute Gasteiger partial charge is 0.0626 e. The Morgan fingerprint density at radius 1 is 0.900 bits per heavy atom. The number of aliphatic hydroxyl groups is 1. The van der Waals surface area contributed by atoms with Crippen molar-refractivity contribution in [1.29, 1.82) is 0 Å². The Morgan fingerprint density at radius 3 is 2.05 bits per heavy atom. The summed E-state index contributed by atoms with van der Waals surface area (Å²) >= 11 is 0. The lowest BCUT2D eigenvalue weighted by atomic mass is 10.00. The molecule has 2 aromatic rings. The van der Waals surface area contributed by atoms with E-state index in [1.807, 2.05) is 18.2 Å². The van der Waals surface area contributed by atoms with Gasteiger partial charge in [-0.25, -0.2) is 0 Å². The van der Waals surface area contributed by atoms with Crippen molar-refractivity contribution in [1.82, 2.24) is 5.32 Å². The summed E-state index contributed by atoms with van der Waals surface area (Å²) in [7, 11) is 0. The van der Waals surface area contributed by atoms with E-state index in [4.69, 9.17) is 0 Å². The lowest BCUT2D eigenvalue weighted by Crippen LogP contribution is -2.28. The van der Waals surface area contributed by atoms with Gasteiger partial charge in [-0.3, -0.25) is 0 Å². The summed E-state index contributed by atoms with van der Waals surface area (Å²) in [5.74, 6) is 0. The number of aliphatic hydroxyl groups excluding tert-OH is 1. The van der Waals surface area contributed by atoms with E-state index in [1.54, 1.807) is 0 Å². The molecule has 2 N–H and O–H groups in total. The molecule has 0 aromatic heterocycles. The summed E-state index contributed by atoms with van der Waals surface area (Å²) in [5.41, 5.74) is 3.67. The largest absolute Gasteiger partial charge is 0.394 e. The number of aryl methyl sites for hydroxylation is 1. The Balaban J connectivity index is 2.14. The fraction of sp³-hybridized carbons (Fsp3) is 0.333. The van der Waals surface area contributed by atoms with Gasteiger partial charge in [0.05, 0.1) is 12.6 Å². The van der Waals surface area contributed by atoms with Crippen molar-refractivity contribution in [2.24, 2.45) is 0 Å². The maximum Gasteiger partial charge on any atom is 0.0626 e. The van der Waals surface area contributed by atoms with Gasteiger partial charge in [-0.1, -0.05) is 67.1 Å². The molecule has 1 unspecified atom stereocenters. The Morgan fingerprint density at radius 2 is 1.50 bits per heavy atom. The minimum Gasteiger partial charge on any atom is -0.394 e. The fourth-order valence-electron chi connectivity index (χ4n) is 2.43. The van der Waals surface area contributed by atoms with Crippen LogP contribution >= 0.6 is 0 Å². The van der Waals surface area contributed by atoms with Crippen molar-refractivity contribution in [2.75, 3.05) is 6.61 Å². The molecule has 20 heavy (non-hydrogen) atoms. The maximum atomic E-state index is 9.65. The summed E-state index contributed by atoms with van der Waals surface area (Å²) < 4.78 is 0. The molecular formula is C18H23NO. The molecule has 106 valence electrons. The van der Waals surface area contributed by atoms with Crippen LogP contribution in [0.15, 0.2) is 54.6 Å². The average Bonchev–Trinajstić information content (AvgIpc) is 2.51. The number of nitrogens with one attached hydrogen (secondary N) is 1. The van der Waals surface area contributed by atoms with Crippen molar-refractivity contribution < 1.29 is 5.11 Å². The first-order valence-electron chi connectivity index (χ1n) is 7.23. The molecule has 0 aliphatic rings. The second-order valence-electron chi connectivity index (χ2n) is 5.18. The topological polar surface area (TPSA) is 32.3 Å². The summed E-state index contributed by atoms with van der Waals surface area (Å²) in [4.78, 5) is 0. The van der Waals surface area contributed by atoms with Crippen molar-refractivity contribution in [3.8, 4) is 0 Å². The van der Waals surface area contributed by atoms with Crippen LogP contribution in [-0.4, -0.2) is 11.7 Å². The molecule has 0 bridgehead atoms. The predicted molar refractivity (Wildman–Crippen MR) is 83.6 cm³/mol. The number of rotatable bonds is 6. The Labute approximate surface area is 121 Å². The predicted octanol–water partition coefficient (Wildman–Crippen LogP) is 3.77. The molecule has 2 aromatic carbocycles. The fourth-order valence-corrected chi connectivity index (χ4v) is 2.43. The first-order valence-corrected chi connectivity index (χ1v) is 7.23. The molecule has 2 nitrogen and oxygen atoms in total. The molecule has 0 saturated heterocycles. The third-order valence-electron chi connectivity index (χ3n) is 3.67. The van der Waals surface area contributed by atoms with Crippen LogP contribution in [0.25, 0.3) is 0 Å². The summed E-state index contributed by atoms with van der Waals surface area (Å²) in [6.45, 7) is 4.36. The van der Waals surface area contributed by atoms with Crippen LogP contribution in [-0.2, 0) is 0 Å². The molecule has 2 atom stereocenters. The second kappa shape index (κ2) is 7.22.